The van der Waals surface area contributed by atoms with Gasteiger partial charge in [-0.2, -0.15) is 0 Å². The third-order valence-corrected chi connectivity index (χ3v) is 4.46. The maximum absolute atomic E-state index is 11.9. The lowest BCUT2D eigenvalue weighted by Crippen LogP contribution is -2.45. The molecule has 1 aliphatic carbocycles. The minimum absolute atomic E-state index is 0.0357. The molecule has 0 amide bonds. The zero-order chi connectivity index (χ0) is 15.1. The Morgan fingerprint density at radius 3 is 2.76 bits per heavy atom. The third-order valence-electron chi connectivity index (χ3n) is 4.46. The van der Waals surface area contributed by atoms with E-state index in [0.29, 0.717) is 24.9 Å². The summed E-state index contributed by atoms with van der Waals surface area (Å²) in [5.41, 5.74) is 0. The summed E-state index contributed by atoms with van der Waals surface area (Å²) in [6.07, 6.45) is 6.90. The van der Waals surface area contributed by atoms with Gasteiger partial charge < -0.3 is 9.47 Å². The average Bonchev–Trinajstić information content (AvgIpc) is 2.46. The van der Waals surface area contributed by atoms with Crippen molar-refractivity contribution in [2.75, 3.05) is 32.8 Å². The van der Waals surface area contributed by atoms with Crippen LogP contribution in [0.4, 0.5) is 0 Å². The Kier molecular flexibility index (Phi) is 6.97. The van der Waals surface area contributed by atoms with Crippen LogP contribution in [-0.2, 0) is 14.3 Å². The van der Waals surface area contributed by atoms with Crippen molar-refractivity contribution in [3.05, 3.63) is 0 Å². The van der Waals surface area contributed by atoms with Crippen LogP contribution in [0.1, 0.15) is 52.4 Å². The first-order valence-electron chi connectivity index (χ1n) is 8.63. The molecule has 2 rings (SSSR count). The fourth-order valence-electron chi connectivity index (χ4n) is 3.44. The smallest absolute Gasteiger partial charge is 0.306 e. The Hall–Kier alpha value is -0.610. The van der Waals surface area contributed by atoms with Crippen LogP contribution in [0, 0.1) is 11.8 Å². The van der Waals surface area contributed by atoms with Gasteiger partial charge in [0.05, 0.1) is 6.61 Å². The first-order valence-corrected chi connectivity index (χ1v) is 8.63. The molecule has 122 valence electrons. The number of ether oxygens (including phenoxy) is 2. The van der Waals surface area contributed by atoms with Gasteiger partial charge in [-0.1, -0.05) is 33.1 Å². The number of rotatable bonds is 6. The Bertz CT molecular complexity index is 313. The van der Waals surface area contributed by atoms with Gasteiger partial charge in [0, 0.05) is 26.1 Å². The van der Waals surface area contributed by atoms with Gasteiger partial charge in [0.15, 0.2) is 0 Å². The molecule has 21 heavy (non-hydrogen) atoms. The lowest BCUT2D eigenvalue weighted by atomic mass is 9.87. The van der Waals surface area contributed by atoms with Crippen molar-refractivity contribution in [2.45, 2.75) is 58.5 Å². The Morgan fingerprint density at radius 2 is 2.05 bits per heavy atom. The van der Waals surface area contributed by atoms with Gasteiger partial charge in [-0.15, -0.1) is 0 Å². The first-order chi connectivity index (χ1) is 10.1. The summed E-state index contributed by atoms with van der Waals surface area (Å²) < 4.78 is 11.2. The number of hydrogen-bond donors (Lipinski definition) is 0. The van der Waals surface area contributed by atoms with Crippen molar-refractivity contribution < 1.29 is 14.3 Å². The molecule has 1 saturated heterocycles. The molecule has 1 aliphatic heterocycles. The second-order valence-electron chi connectivity index (χ2n) is 7.04. The van der Waals surface area contributed by atoms with Crippen LogP contribution in [0.25, 0.3) is 0 Å². The molecule has 0 N–H and O–H groups in total. The zero-order valence-electron chi connectivity index (χ0n) is 13.7. The second kappa shape index (κ2) is 8.74. The number of nitrogens with zero attached hydrogens (tertiary/aromatic N) is 1. The summed E-state index contributed by atoms with van der Waals surface area (Å²) in [5, 5.41) is 0. The van der Waals surface area contributed by atoms with Crippen molar-refractivity contribution in [3.63, 3.8) is 0 Å². The Balaban J connectivity index is 1.63. The highest BCUT2D eigenvalue weighted by Crippen LogP contribution is 2.26. The molecule has 0 bridgehead atoms. The van der Waals surface area contributed by atoms with E-state index in [2.05, 4.69) is 18.7 Å². The molecule has 0 aromatic rings. The van der Waals surface area contributed by atoms with E-state index in [1.54, 1.807) is 0 Å². The van der Waals surface area contributed by atoms with Crippen LogP contribution < -0.4 is 0 Å². The number of carbonyl (C=O) groups is 1. The standard InChI is InChI=1S/C17H31NO3/c1-14(2)11-18-8-9-20-16(12-18)13-21-17(19)10-15-6-4-3-5-7-15/h14-16H,3-13H2,1-2H3. The van der Waals surface area contributed by atoms with E-state index < -0.39 is 0 Å². The number of esters is 1. The van der Waals surface area contributed by atoms with E-state index in [4.69, 9.17) is 9.47 Å². The summed E-state index contributed by atoms with van der Waals surface area (Å²) in [6.45, 7) is 8.59. The SMILES string of the molecule is CC(C)CN1CCOC(COC(=O)CC2CCCCC2)C1. The molecule has 0 radical (unpaired) electrons. The van der Waals surface area contributed by atoms with E-state index in [1.165, 1.54) is 32.1 Å². The fourth-order valence-corrected chi connectivity index (χ4v) is 3.44. The van der Waals surface area contributed by atoms with Gasteiger partial charge in [0.2, 0.25) is 0 Å². The van der Waals surface area contributed by atoms with Crippen LogP contribution >= 0.6 is 0 Å². The van der Waals surface area contributed by atoms with Crippen LogP contribution in [0.15, 0.2) is 0 Å². The molecular weight excluding hydrogens is 266 g/mol. The fraction of sp³-hybridized carbons (Fsp3) is 0.941. The number of carbonyl (C=O) groups excluding carboxylic acids is 1. The molecule has 2 aliphatic rings. The molecular formula is C17H31NO3. The minimum atomic E-state index is -0.0357. The van der Waals surface area contributed by atoms with Gasteiger partial charge >= 0.3 is 5.97 Å². The van der Waals surface area contributed by atoms with Crippen molar-refractivity contribution in [1.29, 1.82) is 0 Å². The summed E-state index contributed by atoms with van der Waals surface area (Å²) in [6, 6.07) is 0. The predicted octanol–water partition coefficient (Wildman–Crippen LogP) is 2.86. The maximum Gasteiger partial charge on any atom is 0.306 e. The molecule has 0 spiro atoms. The number of morpholine rings is 1. The molecule has 1 heterocycles. The van der Waals surface area contributed by atoms with Gasteiger partial charge in [0.1, 0.15) is 12.7 Å². The van der Waals surface area contributed by atoms with Crippen molar-refractivity contribution in [2.24, 2.45) is 11.8 Å². The van der Waals surface area contributed by atoms with Crippen LogP contribution in [0.2, 0.25) is 0 Å². The van der Waals surface area contributed by atoms with Crippen LogP contribution in [0.5, 0.6) is 0 Å². The number of hydrogen-bond acceptors (Lipinski definition) is 4. The Morgan fingerprint density at radius 1 is 1.29 bits per heavy atom. The Labute approximate surface area is 129 Å². The molecule has 2 fully saturated rings. The quantitative estimate of drug-likeness (QED) is 0.707. The van der Waals surface area contributed by atoms with E-state index in [1.807, 2.05) is 0 Å². The van der Waals surface area contributed by atoms with Crippen molar-refractivity contribution in [1.82, 2.24) is 4.90 Å². The van der Waals surface area contributed by atoms with E-state index in [0.717, 1.165) is 26.2 Å². The van der Waals surface area contributed by atoms with Crippen molar-refractivity contribution >= 4 is 5.97 Å². The molecule has 0 aromatic carbocycles. The summed E-state index contributed by atoms with van der Waals surface area (Å²) in [5.74, 6) is 1.18. The van der Waals surface area contributed by atoms with Gasteiger partial charge in [-0.25, -0.2) is 0 Å². The largest absolute Gasteiger partial charge is 0.463 e. The monoisotopic (exact) mass is 297 g/mol. The lowest BCUT2D eigenvalue weighted by molar-refractivity contribution is -0.152. The van der Waals surface area contributed by atoms with E-state index in [-0.39, 0.29) is 12.1 Å². The summed E-state index contributed by atoms with van der Waals surface area (Å²) in [7, 11) is 0. The topological polar surface area (TPSA) is 38.8 Å². The van der Waals surface area contributed by atoms with E-state index >= 15 is 0 Å². The predicted molar refractivity (Wildman–Crippen MR) is 83.2 cm³/mol. The van der Waals surface area contributed by atoms with Crippen LogP contribution in [-0.4, -0.2) is 49.8 Å². The minimum Gasteiger partial charge on any atom is -0.463 e. The van der Waals surface area contributed by atoms with Gasteiger partial charge in [0.25, 0.3) is 0 Å². The third kappa shape index (κ3) is 6.35. The average molecular weight is 297 g/mol. The molecule has 0 aromatic heterocycles. The normalized spacial score (nSPS) is 25.2. The van der Waals surface area contributed by atoms with Crippen LogP contribution in [0.3, 0.4) is 0 Å². The molecule has 1 saturated carbocycles. The molecule has 4 nitrogen and oxygen atoms in total. The highest BCUT2D eigenvalue weighted by Gasteiger charge is 2.23. The lowest BCUT2D eigenvalue weighted by Gasteiger charge is -2.33. The molecule has 1 unspecified atom stereocenters. The van der Waals surface area contributed by atoms with Gasteiger partial charge in [-0.3, -0.25) is 9.69 Å². The van der Waals surface area contributed by atoms with Crippen molar-refractivity contribution in [3.8, 4) is 0 Å². The summed E-state index contributed by atoms with van der Waals surface area (Å²) >= 11 is 0. The maximum atomic E-state index is 11.9. The summed E-state index contributed by atoms with van der Waals surface area (Å²) in [4.78, 5) is 14.3. The highest BCUT2D eigenvalue weighted by atomic mass is 16.6. The second-order valence-corrected chi connectivity index (χ2v) is 7.04. The zero-order valence-corrected chi connectivity index (χ0v) is 13.7. The molecule has 1 atom stereocenters. The highest BCUT2D eigenvalue weighted by molar-refractivity contribution is 5.69. The molecule has 4 heteroatoms. The first kappa shape index (κ1) is 16.8. The van der Waals surface area contributed by atoms with E-state index in [9.17, 15) is 4.79 Å². The van der Waals surface area contributed by atoms with Gasteiger partial charge in [-0.05, 0) is 24.7 Å².